The summed E-state index contributed by atoms with van der Waals surface area (Å²) in [6, 6.07) is 0. The van der Waals surface area contributed by atoms with E-state index < -0.39 is 0 Å². The van der Waals surface area contributed by atoms with Crippen LogP contribution in [-0.2, 0) is 14.3 Å². The summed E-state index contributed by atoms with van der Waals surface area (Å²) in [6.45, 7) is 12.6. The van der Waals surface area contributed by atoms with E-state index in [-0.39, 0.29) is 18.0 Å². The molecule has 0 aromatic heterocycles. The van der Waals surface area contributed by atoms with E-state index in [2.05, 4.69) is 34.6 Å². The standard InChI is InChI=1S/C17H30O3/c1-11-6-13-14(7-11)16(18)20-15(13)10-19-9-12(2)8-17(3,4)5/h11-15H,6-10H2,1-5H3. The van der Waals surface area contributed by atoms with Crippen LogP contribution in [0.15, 0.2) is 0 Å². The minimum Gasteiger partial charge on any atom is -0.459 e. The van der Waals surface area contributed by atoms with Gasteiger partial charge in [-0.15, -0.1) is 0 Å². The van der Waals surface area contributed by atoms with Crippen molar-refractivity contribution in [2.45, 2.75) is 60.0 Å². The molecule has 3 nitrogen and oxygen atoms in total. The normalized spacial score (nSPS) is 35.0. The molecule has 0 radical (unpaired) electrons. The Hall–Kier alpha value is -0.570. The lowest BCUT2D eigenvalue weighted by molar-refractivity contribution is -0.147. The summed E-state index contributed by atoms with van der Waals surface area (Å²) < 4.78 is 11.3. The molecule has 1 heterocycles. The molecule has 3 heteroatoms. The van der Waals surface area contributed by atoms with E-state index in [1.807, 2.05) is 0 Å². The average molecular weight is 282 g/mol. The lowest BCUT2D eigenvalue weighted by Gasteiger charge is -2.24. The summed E-state index contributed by atoms with van der Waals surface area (Å²) in [5.41, 5.74) is 0.342. The summed E-state index contributed by atoms with van der Waals surface area (Å²) in [4.78, 5) is 11.8. The predicted molar refractivity (Wildman–Crippen MR) is 79.3 cm³/mol. The molecule has 1 aliphatic heterocycles. The molecule has 0 spiro atoms. The summed E-state index contributed by atoms with van der Waals surface area (Å²) in [7, 11) is 0. The van der Waals surface area contributed by atoms with Gasteiger partial charge in [0.2, 0.25) is 0 Å². The van der Waals surface area contributed by atoms with Crippen molar-refractivity contribution in [1.29, 1.82) is 0 Å². The Morgan fingerprint density at radius 1 is 1.35 bits per heavy atom. The lowest BCUT2D eigenvalue weighted by Crippen LogP contribution is -2.25. The largest absolute Gasteiger partial charge is 0.459 e. The molecular formula is C17H30O3. The van der Waals surface area contributed by atoms with Gasteiger partial charge in [-0.05, 0) is 36.5 Å². The smallest absolute Gasteiger partial charge is 0.309 e. The number of cyclic esters (lactones) is 1. The zero-order chi connectivity index (χ0) is 14.9. The van der Waals surface area contributed by atoms with Crippen molar-refractivity contribution in [3.8, 4) is 0 Å². The fraction of sp³-hybridized carbons (Fsp3) is 0.941. The molecule has 1 saturated heterocycles. The summed E-state index contributed by atoms with van der Waals surface area (Å²) in [6.07, 6.45) is 3.27. The van der Waals surface area contributed by atoms with Crippen LogP contribution in [-0.4, -0.2) is 25.3 Å². The van der Waals surface area contributed by atoms with Crippen molar-refractivity contribution in [3.05, 3.63) is 0 Å². The molecule has 1 saturated carbocycles. The molecule has 5 atom stereocenters. The molecule has 0 aromatic rings. The molecule has 20 heavy (non-hydrogen) atoms. The third-order valence-corrected chi connectivity index (χ3v) is 4.54. The average Bonchev–Trinajstić information content (AvgIpc) is 2.77. The third kappa shape index (κ3) is 3.97. The quantitative estimate of drug-likeness (QED) is 0.722. The Balaban J connectivity index is 1.73. The van der Waals surface area contributed by atoms with Gasteiger partial charge < -0.3 is 9.47 Å². The van der Waals surface area contributed by atoms with Crippen molar-refractivity contribution < 1.29 is 14.3 Å². The topological polar surface area (TPSA) is 35.5 Å². The Morgan fingerprint density at radius 2 is 2.05 bits per heavy atom. The van der Waals surface area contributed by atoms with Crippen LogP contribution in [0.2, 0.25) is 0 Å². The number of carbonyl (C=O) groups excluding carboxylic acids is 1. The summed E-state index contributed by atoms with van der Waals surface area (Å²) >= 11 is 0. The number of rotatable bonds is 5. The highest BCUT2D eigenvalue weighted by molar-refractivity contribution is 5.75. The van der Waals surface area contributed by atoms with E-state index >= 15 is 0 Å². The fourth-order valence-corrected chi connectivity index (χ4v) is 3.99. The maximum absolute atomic E-state index is 11.8. The fourth-order valence-electron chi connectivity index (χ4n) is 3.99. The Kier molecular flexibility index (Phi) is 4.78. The van der Waals surface area contributed by atoms with Gasteiger partial charge in [-0.2, -0.15) is 0 Å². The lowest BCUT2D eigenvalue weighted by atomic mass is 9.86. The highest BCUT2D eigenvalue weighted by Crippen LogP contribution is 2.44. The van der Waals surface area contributed by atoms with E-state index in [1.54, 1.807) is 0 Å². The number of hydrogen-bond acceptors (Lipinski definition) is 3. The van der Waals surface area contributed by atoms with Crippen LogP contribution in [0.5, 0.6) is 0 Å². The summed E-state index contributed by atoms with van der Waals surface area (Å²) in [5, 5.41) is 0. The number of carbonyl (C=O) groups is 1. The van der Waals surface area contributed by atoms with E-state index in [9.17, 15) is 4.79 Å². The second kappa shape index (κ2) is 6.05. The zero-order valence-electron chi connectivity index (χ0n) is 13.6. The Bertz CT molecular complexity index is 345. The van der Waals surface area contributed by atoms with Gasteiger partial charge in [0.15, 0.2) is 0 Å². The number of ether oxygens (including phenoxy) is 2. The molecule has 1 aliphatic carbocycles. The van der Waals surface area contributed by atoms with Crippen LogP contribution in [0.25, 0.3) is 0 Å². The molecule has 2 fully saturated rings. The maximum atomic E-state index is 11.8. The van der Waals surface area contributed by atoms with Crippen molar-refractivity contribution in [2.24, 2.45) is 29.1 Å². The number of fused-ring (bicyclic) bond motifs is 1. The van der Waals surface area contributed by atoms with Crippen LogP contribution in [0.3, 0.4) is 0 Å². The second-order valence-electron chi connectivity index (χ2n) is 8.23. The number of esters is 1. The molecule has 0 amide bonds. The van der Waals surface area contributed by atoms with Gasteiger partial charge in [0.25, 0.3) is 0 Å². The van der Waals surface area contributed by atoms with Crippen molar-refractivity contribution in [3.63, 3.8) is 0 Å². The molecule has 2 aliphatic rings. The van der Waals surface area contributed by atoms with Gasteiger partial charge in [0.1, 0.15) is 6.10 Å². The van der Waals surface area contributed by atoms with Gasteiger partial charge in [-0.1, -0.05) is 34.6 Å². The van der Waals surface area contributed by atoms with Crippen LogP contribution in [0.1, 0.15) is 53.9 Å². The van der Waals surface area contributed by atoms with Gasteiger partial charge in [0.05, 0.1) is 12.5 Å². The Morgan fingerprint density at radius 3 is 2.70 bits per heavy atom. The second-order valence-corrected chi connectivity index (χ2v) is 8.23. The minimum absolute atomic E-state index is 0.000660. The molecule has 5 unspecified atom stereocenters. The van der Waals surface area contributed by atoms with Crippen LogP contribution < -0.4 is 0 Å². The van der Waals surface area contributed by atoms with E-state index in [0.29, 0.717) is 29.8 Å². The van der Waals surface area contributed by atoms with Crippen LogP contribution in [0.4, 0.5) is 0 Å². The van der Waals surface area contributed by atoms with Gasteiger partial charge in [-0.25, -0.2) is 0 Å². The first kappa shape index (κ1) is 15.8. The Labute approximate surface area is 123 Å². The molecular weight excluding hydrogens is 252 g/mol. The van der Waals surface area contributed by atoms with Crippen LogP contribution in [0, 0.1) is 29.1 Å². The number of hydrogen-bond donors (Lipinski definition) is 0. The van der Waals surface area contributed by atoms with E-state index in [4.69, 9.17) is 9.47 Å². The first-order valence-electron chi connectivity index (χ1n) is 8.04. The summed E-state index contributed by atoms with van der Waals surface area (Å²) in [5.74, 6) is 1.75. The SMILES string of the molecule is CC1CC2C(=O)OC(COCC(C)CC(C)(C)C)C2C1. The zero-order valence-corrected chi connectivity index (χ0v) is 13.6. The third-order valence-electron chi connectivity index (χ3n) is 4.54. The van der Waals surface area contributed by atoms with E-state index in [0.717, 1.165) is 25.9 Å². The van der Waals surface area contributed by atoms with Gasteiger partial charge in [-0.3, -0.25) is 4.79 Å². The molecule has 2 rings (SSSR count). The highest BCUT2D eigenvalue weighted by atomic mass is 16.6. The molecule has 0 bridgehead atoms. The maximum Gasteiger partial charge on any atom is 0.309 e. The highest BCUT2D eigenvalue weighted by Gasteiger charge is 2.49. The first-order chi connectivity index (χ1) is 9.26. The van der Waals surface area contributed by atoms with Crippen molar-refractivity contribution in [2.75, 3.05) is 13.2 Å². The van der Waals surface area contributed by atoms with Gasteiger partial charge >= 0.3 is 5.97 Å². The van der Waals surface area contributed by atoms with Crippen molar-refractivity contribution >= 4 is 5.97 Å². The minimum atomic E-state index is -0.000660. The monoisotopic (exact) mass is 282 g/mol. The molecule has 0 aromatic carbocycles. The van der Waals surface area contributed by atoms with Gasteiger partial charge in [0, 0.05) is 12.5 Å². The molecule has 116 valence electrons. The van der Waals surface area contributed by atoms with Crippen LogP contribution >= 0.6 is 0 Å². The predicted octanol–water partition coefficient (Wildman–Crippen LogP) is 3.66. The molecule has 0 N–H and O–H groups in total. The van der Waals surface area contributed by atoms with E-state index in [1.165, 1.54) is 0 Å². The van der Waals surface area contributed by atoms with Crippen molar-refractivity contribution in [1.82, 2.24) is 0 Å². The first-order valence-corrected chi connectivity index (χ1v) is 8.04.